The molecule has 1 saturated heterocycles. The van der Waals surface area contributed by atoms with Crippen LogP contribution < -0.4 is 10.1 Å². The van der Waals surface area contributed by atoms with Crippen molar-refractivity contribution in [2.45, 2.75) is 24.9 Å². The standard InChI is InChI=1S/C25H21FN4O2/c26-19-5-7-20(8-6-19)32-24-13-28-10-9-21(24)17-1-3-18(4-2-17)25(31)29-22-11-16-12-23(22)30(14-16)15-27/h1-10,13,16,22-23H,11-12,14H2,(H,29,31). The van der Waals surface area contributed by atoms with Crippen LogP contribution in [0.25, 0.3) is 11.1 Å². The third-order valence-corrected chi connectivity index (χ3v) is 6.21. The van der Waals surface area contributed by atoms with E-state index in [1.807, 2.05) is 18.2 Å². The summed E-state index contributed by atoms with van der Waals surface area (Å²) in [5, 5.41) is 12.4. The Hall–Kier alpha value is -3.92. The highest BCUT2D eigenvalue weighted by Gasteiger charge is 2.45. The summed E-state index contributed by atoms with van der Waals surface area (Å²) in [5.74, 6) is 1.07. The zero-order valence-electron chi connectivity index (χ0n) is 17.2. The van der Waals surface area contributed by atoms with E-state index in [4.69, 9.17) is 4.74 Å². The van der Waals surface area contributed by atoms with E-state index in [9.17, 15) is 14.4 Å². The molecule has 5 rings (SSSR count). The van der Waals surface area contributed by atoms with Crippen molar-refractivity contribution >= 4 is 5.91 Å². The van der Waals surface area contributed by atoms with Gasteiger partial charge in [-0.05, 0) is 66.8 Å². The Morgan fingerprint density at radius 2 is 1.91 bits per heavy atom. The number of pyridine rings is 1. The maximum absolute atomic E-state index is 13.2. The lowest BCUT2D eigenvalue weighted by Crippen LogP contribution is -2.48. The van der Waals surface area contributed by atoms with Crippen molar-refractivity contribution < 1.29 is 13.9 Å². The molecule has 2 fully saturated rings. The molecule has 2 aliphatic rings. The fraction of sp³-hybridized carbons (Fsp3) is 0.240. The first kappa shape index (κ1) is 20.0. The van der Waals surface area contributed by atoms with Crippen LogP contribution in [0.2, 0.25) is 0 Å². The Morgan fingerprint density at radius 1 is 1.12 bits per heavy atom. The van der Waals surface area contributed by atoms with Crippen molar-refractivity contribution in [2.75, 3.05) is 6.54 Å². The number of halogens is 1. The normalized spacial score (nSPS) is 21.2. The Labute approximate surface area is 185 Å². The zero-order chi connectivity index (χ0) is 22.1. The molecule has 2 heterocycles. The number of amides is 1. The van der Waals surface area contributed by atoms with Gasteiger partial charge in [0.2, 0.25) is 0 Å². The predicted octanol–water partition coefficient (Wildman–Crippen LogP) is 4.35. The van der Waals surface area contributed by atoms with Gasteiger partial charge in [0.25, 0.3) is 5.91 Å². The van der Waals surface area contributed by atoms with E-state index >= 15 is 0 Å². The van der Waals surface area contributed by atoms with E-state index < -0.39 is 0 Å². The van der Waals surface area contributed by atoms with E-state index in [0.29, 0.717) is 23.0 Å². The third-order valence-electron chi connectivity index (χ3n) is 6.21. The van der Waals surface area contributed by atoms with Gasteiger partial charge in [0.15, 0.2) is 11.9 Å². The lowest BCUT2D eigenvalue weighted by molar-refractivity contribution is 0.0912. The van der Waals surface area contributed by atoms with Gasteiger partial charge in [-0.1, -0.05) is 12.1 Å². The minimum atomic E-state index is -0.330. The molecule has 3 aromatic rings. The molecule has 1 aromatic heterocycles. The molecule has 3 atom stereocenters. The van der Waals surface area contributed by atoms with Gasteiger partial charge in [0, 0.05) is 23.9 Å². The Kier molecular flexibility index (Phi) is 5.20. The minimum Gasteiger partial charge on any atom is -0.455 e. The molecule has 1 N–H and O–H groups in total. The second-order valence-electron chi connectivity index (χ2n) is 8.24. The zero-order valence-corrected chi connectivity index (χ0v) is 17.2. The maximum atomic E-state index is 13.2. The second-order valence-corrected chi connectivity index (χ2v) is 8.24. The van der Waals surface area contributed by atoms with Gasteiger partial charge in [-0.25, -0.2) is 4.39 Å². The number of piperidine rings is 1. The van der Waals surface area contributed by atoms with Crippen LogP contribution in [0.3, 0.4) is 0 Å². The van der Waals surface area contributed by atoms with Crippen molar-refractivity contribution in [2.24, 2.45) is 5.92 Å². The summed E-state index contributed by atoms with van der Waals surface area (Å²) in [4.78, 5) is 18.7. The van der Waals surface area contributed by atoms with E-state index in [2.05, 4.69) is 16.5 Å². The molecular weight excluding hydrogens is 407 g/mol. The van der Waals surface area contributed by atoms with Crippen molar-refractivity contribution in [1.29, 1.82) is 5.26 Å². The van der Waals surface area contributed by atoms with Crippen LogP contribution in [0.4, 0.5) is 4.39 Å². The number of nitrogens with zero attached hydrogens (tertiary/aromatic N) is 3. The van der Waals surface area contributed by atoms with Gasteiger partial charge in [0.1, 0.15) is 11.6 Å². The number of fused-ring (bicyclic) bond motifs is 2. The van der Waals surface area contributed by atoms with Crippen LogP contribution in [0, 0.1) is 23.2 Å². The first-order chi connectivity index (χ1) is 15.6. The number of aromatic nitrogens is 1. The highest BCUT2D eigenvalue weighted by molar-refractivity contribution is 5.95. The minimum absolute atomic E-state index is 0.0106. The summed E-state index contributed by atoms with van der Waals surface area (Å²) >= 11 is 0. The van der Waals surface area contributed by atoms with Crippen LogP contribution >= 0.6 is 0 Å². The van der Waals surface area contributed by atoms with Gasteiger partial charge in [0.05, 0.1) is 18.3 Å². The highest BCUT2D eigenvalue weighted by atomic mass is 19.1. The number of benzene rings is 2. The fourth-order valence-corrected chi connectivity index (χ4v) is 4.68. The SMILES string of the molecule is N#CN1CC2CC(NC(=O)c3ccc(-c4ccncc4Oc4ccc(F)cc4)cc3)C1C2. The van der Waals surface area contributed by atoms with Crippen molar-refractivity contribution in [1.82, 2.24) is 15.2 Å². The molecule has 1 aliphatic heterocycles. The molecule has 3 unspecified atom stereocenters. The van der Waals surface area contributed by atoms with E-state index in [-0.39, 0.29) is 23.8 Å². The number of rotatable bonds is 5. The molecule has 1 saturated carbocycles. The average Bonchev–Trinajstić information content (AvgIpc) is 3.41. The highest BCUT2D eigenvalue weighted by Crippen LogP contribution is 2.37. The third kappa shape index (κ3) is 3.87. The van der Waals surface area contributed by atoms with Gasteiger partial charge < -0.3 is 15.0 Å². The monoisotopic (exact) mass is 428 g/mol. The quantitative estimate of drug-likeness (QED) is 0.611. The average molecular weight is 428 g/mol. The molecule has 2 bridgehead atoms. The van der Waals surface area contributed by atoms with Crippen LogP contribution in [0.5, 0.6) is 11.5 Å². The number of hydrogen-bond donors (Lipinski definition) is 1. The van der Waals surface area contributed by atoms with Crippen molar-refractivity contribution in [3.05, 3.63) is 78.4 Å². The van der Waals surface area contributed by atoms with Crippen LogP contribution in [-0.4, -0.2) is 34.4 Å². The van der Waals surface area contributed by atoms with E-state index in [1.165, 1.54) is 12.1 Å². The smallest absolute Gasteiger partial charge is 0.251 e. The lowest BCUT2D eigenvalue weighted by Gasteiger charge is -2.29. The number of likely N-dealkylation sites (tertiary alicyclic amines) is 1. The van der Waals surface area contributed by atoms with Crippen LogP contribution in [-0.2, 0) is 0 Å². The first-order valence-corrected chi connectivity index (χ1v) is 10.6. The van der Waals surface area contributed by atoms with Gasteiger partial charge >= 0.3 is 0 Å². The summed E-state index contributed by atoms with van der Waals surface area (Å²) in [5.41, 5.74) is 2.25. The largest absolute Gasteiger partial charge is 0.455 e. The number of carbonyl (C=O) groups is 1. The van der Waals surface area contributed by atoms with Gasteiger partial charge in [-0.2, -0.15) is 5.26 Å². The summed E-state index contributed by atoms with van der Waals surface area (Å²) in [6.07, 6.45) is 7.41. The number of nitriles is 1. The van der Waals surface area contributed by atoms with Crippen LogP contribution in [0.1, 0.15) is 23.2 Å². The summed E-state index contributed by atoms with van der Waals surface area (Å²) < 4.78 is 19.1. The number of hydrogen-bond acceptors (Lipinski definition) is 5. The molecule has 32 heavy (non-hydrogen) atoms. The summed E-state index contributed by atoms with van der Waals surface area (Å²) in [6, 6.07) is 15.0. The Morgan fingerprint density at radius 3 is 2.62 bits per heavy atom. The molecule has 0 radical (unpaired) electrons. The molecule has 0 spiro atoms. The van der Waals surface area contributed by atoms with Gasteiger partial charge in [-0.3, -0.25) is 9.78 Å². The molecule has 1 amide bonds. The number of nitrogens with one attached hydrogen (secondary N) is 1. The molecule has 7 heteroatoms. The summed E-state index contributed by atoms with van der Waals surface area (Å²) in [7, 11) is 0. The molecule has 6 nitrogen and oxygen atoms in total. The lowest BCUT2D eigenvalue weighted by atomic mass is 10.0. The number of carbonyl (C=O) groups excluding carboxylic acids is 1. The summed E-state index contributed by atoms with van der Waals surface area (Å²) in [6.45, 7) is 0.802. The first-order valence-electron chi connectivity index (χ1n) is 10.6. The molecule has 2 aromatic carbocycles. The van der Waals surface area contributed by atoms with E-state index in [1.54, 1.807) is 41.6 Å². The second kappa shape index (κ2) is 8.31. The van der Waals surface area contributed by atoms with Crippen LogP contribution in [0.15, 0.2) is 67.0 Å². The predicted molar refractivity (Wildman–Crippen MR) is 116 cm³/mol. The van der Waals surface area contributed by atoms with Gasteiger partial charge in [-0.15, -0.1) is 0 Å². The number of ether oxygens (including phenoxy) is 1. The van der Waals surface area contributed by atoms with Crippen molar-refractivity contribution in [3.8, 4) is 28.8 Å². The molecular formula is C25H21FN4O2. The Bertz CT molecular complexity index is 1170. The maximum Gasteiger partial charge on any atom is 0.251 e. The Balaban J connectivity index is 1.30. The van der Waals surface area contributed by atoms with Crippen molar-refractivity contribution in [3.63, 3.8) is 0 Å². The van der Waals surface area contributed by atoms with E-state index in [0.717, 1.165) is 30.5 Å². The topological polar surface area (TPSA) is 78.3 Å². The fourth-order valence-electron chi connectivity index (χ4n) is 4.68. The molecule has 1 aliphatic carbocycles. The molecule has 160 valence electrons.